The molecule has 30 heavy (non-hydrogen) atoms. The number of benzene rings is 2. The van der Waals surface area contributed by atoms with Gasteiger partial charge < -0.3 is 9.80 Å². The fourth-order valence-corrected chi connectivity index (χ4v) is 5.39. The van der Waals surface area contributed by atoms with Crippen LogP contribution >= 0.6 is 0 Å². The predicted molar refractivity (Wildman–Crippen MR) is 120 cm³/mol. The fraction of sp³-hybridized carbons (Fsp3) is 0.435. The molecular formula is C23H29N3O3S. The molecule has 1 unspecified atom stereocenters. The van der Waals surface area contributed by atoms with E-state index in [9.17, 15) is 13.2 Å². The first-order valence-electron chi connectivity index (χ1n) is 10.5. The van der Waals surface area contributed by atoms with Crippen molar-refractivity contribution in [3.8, 4) is 0 Å². The molecule has 160 valence electrons. The molecule has 0 aliphatic carbocycles. The largest absolute Gasteiger partial charge is 0.359 e. The Kier molecular flexibility index (Phi) is 5.59. The number of sulfonamides is 1. The summed E-state index contributed by atoms with van der Waals surface area (Å²) in [7, 11) is -0.430. The van der Waals surface area contributed by atoms with Crippen molar-refractivity contribution in [1.82, 2.24) is 4.31 Å². The maximum atomic E-state index is 13.3. The topological polar surface area (TPSA) is 60.9 Å². The van der Waals surface area contributed by atoms with E-state index < -0.39 is 10.0 Å². The minimum atomic E-state index is -3.49. The molecule has 0 saturated heterocycles. The van der Waals surface area contributed by atoms with Crippen molar-refractivity contribution in [1.29, 1.82) is 0 Å². The summed E-state index contributed by atoms with van der Waals surface area (Å²) < 4.78 is 26.2. The Morgan fingerprint density at radius 3 is 2.60 bits per heavy atom. The highest BCUT2D eigenvalue weighted by atomic mass is 32.2. The summed E-state index contributed by atoms with van der Waals surface area (Å²) in [5, 5.41) is 0. The minimum Gasteiger partial charge on any atom is -0.359 e. The number of aryl methyl sites for hydroxylation is 2. The smallest absolute Gasteiger partial charge is 0.246 e. The van der Waals surface area contributed by atoms with Gasteiger partial charge >= 0.3 is 0 Å². The highest BCUT2D eigenvalue weighted by Gasteiger charge is 2.29. The molecule has 0 bridgehead atoms. The van der Waals surface area contributed by atoms with Crippen LogP contribution in [0, 0.1) is 0 Å². The molecular weight excluding hydrogens is 398 g/mol. The van der Waals surface area contributed by atoms with Gasteiger partial charge in [0.25, 0.3) is 0 Å². The van der Waals surface area contributed by atoms with Gasteiger partial charge in [0.1, 0.15) is 0 Å². The van der Waals surface area contributed by atoms with Crippen molar-refractivity contribution in [2.24, 2.45) is 0 Å². The number of hydrogen-bond acceptors (Lipinski definition) is 4. The van der Waals surface area contributed by atoms with Crippen molar-refractivity contribution in [3.05, 3.63) is 53.6 Å². The van der Waals surface area contributed by atoms with Gasteiger partial charge in [0.15, 0.2) is 0 Å². The van der Waals surface area contributed by atoms with Gasteiger partial charge in [-0.1, -0.05) is 18.2 Å². The first-order chi connectivity index (χ1) is 14.3. The molecule has 0 spiro atoms. The SMILES string of the molecule is CC1CCc2ccccc2N1CC(=O)N1CCCc2cc(S(=O)(=O)N(C)C)ccc21. The van der Waals surface area contributed by atoms with Crippen LogP contribution in [0.1, 0.15) is 30.9 Å². The Morgan fingerprint density at radius 2 is 1.83 bits per heavy atom. The van der Waals surface area contributed by atoms with Crippen LogP contribution in [0.5, 0.6) is 0 Å². The molecule has 0 saturated carbocycles. The molecule has 0 aromatic heterocycles. The molecule has 2 heterocycles. The number of carbonyl (C=O) groups is 1. The van der Waals surface area contributed by atoms with E-state index in [1.165, 1.54) is 24.0 Å². The van der Waals surface area contributed by atoms with Crippen LogP contribution in [-0.2, 0) is 27.7 Å². The lowest BCUT2D eigenvalue weighted by Crippen LogP contribution is -2.47. The molecule has 0 fully saturated rings. The quantitative estimate of drug-likeness (QED) is 0.753. The lowest BCUT2D eigenvalue weighted by Gasteiger charge is -2.38. The Morgan fingerprint density at radius 1 is 1.07 bits per heavy atom. The van der Waals surface area contributed by atoms with Gasteiger partial charge in [0, 0.05) is 38.1 Å². The third kappa shape index (κ3) is 3.72. The number of rotatable bonds is 4. The van der Waals surface area contributed by atoms with Gasteiger partial charge in [0.2, 0.25) is 15.9 Å². The van der Waals surface area contributed by atoms with Crippen molar-refractivity contribution in [2.75, 3.05) is 37.0 Å². The molecule has 1 atom stereocenters. The molecule has 0 radical (unpaired) electrons. The summed E-state index contributed by atoms with van der Waals surface area (Å²) in [6.45, 7) is 3.16. The molecule has 2 aromatic rings. The Labute approximate surface area is 179 Å². The summed E-state index contributed by atoms with van der Waals surface area (Å²) in [6, 6.07) is 13.7. The zero-order chi connectivity index (χ0) is 21.5. The zero-order valence-electron chi connectivity index (χ0n) is 17.8. The van der Waals surface area contributed by atoms with E-state index in [0.717, 1.165) is 42.6 Å². The molecule has 4 rings (SSSR count). The Balaban J connectivity index is 1.60. The van der Waals surface area contributed by atoms with Gasteiger partial charge in [0.05, 0.1) is 11.4 Å². The van der Waals surface area contributed by atoms with Crippen LogP contribution in [0.15, 0.2) is 47.4 Å². The zero-order valence-corrected chi connectivity index (χ0v) is 18.7. The summed E-state index contributed by atoms with van der Waals surface area (Å²) in [5.41, 5.74) is 4.20. The summed E-state index contributed by atoms with van der Waals surface area (Å²) in [4.78, 5) is 17.6. The Hall–Kier alpha value is -2.38. The van der Waals surface area contributed by atoms with Crippen LogP contribution < -0.4 is 9.80 Å². The predicted octanol–water partition coefficient (Wildman–Crippen LogP) is 3.06. The molecule has 2 aliphatic heterocycles. The van der Waals surface area contributed by atoms with Gasteiger partial charge in [-0.2, -0.15) is 0 Å². The second-order valence-corrected chi connectivity index (χ2v) is 10.5. The average molecular weight is 428 g/mol. The van der Waals surface area contributed by atoms with Crippen molar-refractivity contribution < 1.29 is 13.2 Å². The van der Waals surface area contributed by atoms with Crippen molar-refractivity contribution in [3.63, 3.8) is 0 Å². The second kappa shape index (κ2) is 8.04. The highest BCUT2D eigenvalue weighted by Crippen LogP contribution is 2.33. The third-order valence-electron chi connectivity index (χ3n) is 6.22. The summed E-state index contributed by atoms with van der Waals surface area (Å²) in [6.07, 6.45) is 3.68. The maximum absolute atomic E-state index is 13.3. The second-order valence-electron chi connectivity index (χ2n) is 8.37. The number of para-hydroxylation sites is 1. The molecule has 0 N–H and O–H groups in total. The van der Waals surface area contributed by atoms with Crippen LogP contribution in [0.25, 0.3) is 0 Å². The molecule has 1 amide bonds. The minimum absolute atomic E-state index is 0.0581. The van der Waals surface area contributed by atoms with Crippen LogP contribution in [0.3, 0.4) is 0 Å². The van der Waals surface area contributed by atoms with Crippen LogP contribution in [-0.4, -0.2) is 51.9 Å². The van der Waals surface area contributed by atoms with E-state index >= 15 is 0 Å². The first-order valence-corrected chi connectivity index (χ1v) is 11.9. The van der Waals surface area contributed by atoms with Crippen molar-refractivity contribution >= 4 is 27.3 Å². The van der Waals surface area contributed by atoms with E-state index in [4.69, 9.17) is 0 Å². The number of nitrogens with zero attached hydrogens (tertiary/aromatic N) is 3. The van der Waals surface area contributed by atoms with E-state index in [2.05, 4.69) is 30.0 Å². The highest BCUT2D eigenvalue weighted by molar-refractivity contribution is 7.89. The van der Waals surface area contributed by atoms with Crippen molar-refractivity contribution in [2.45, 2.75) is 43.5 Å². The van der Waals surface area contributed by atoms with Gasteiger partial charge in [-0.05, 0) is 68.0 Å². The van der Waals surface area contributed by atoms with Gasteiger partial charge in [-0.25, -0.2) is 12.7 Å². The normalized spacial score (nSPS) is 18.9. The van der Waals surface area contributed by atoms with E-state index in [-0.39, 0.29) is 10.8 Å². The fourth-order valence-electron chi connectivity index (χ4n) is 4.44. The van der Waals surface area contributed by atoms with Crippen LogP contribution in [0.4, 0.5) is 11.4 Å². The number of anilines is 2. The number of carbonyl (C=O) groups excluding carboxylic acids is 1. The number of fused-ring (bicyclic) bond motifs is 2. The first kappa shape index (κ1) is 20.9. The Bertz CT molecular complexity index is 1070. The number of hydrogen-bond donors (Lipinski definition) is 0. The average Bonchev–Trinajstić information content (AvgIpc) is 2.74. The number of amides is 1. The molecule has 2 aromatic carbocycles. The molecule has 2 aliphatic rings. The lowest BCUT2D eigenvalue weighted by molar-refractivity contribution is -0.117. The monoisotopic (exact) mass is 427 g/mol. The van der Waals surface area contributed by atoms with E-state index in [1.807, 2.05) is 11.0 Å². The standard InChI is InChI=1S/C23H29N3O3S/c1-17-10-11-18-7-4-5-9-21(18)26(17)16-23(27)25-14-6-8-19-15-20(12-13-22(19)25)30(28,29)24(2)3/h4-5,7,9,12-13,15,17H,6,8,10-11,14,16H2,1-3H3. The van der Waals surface area contributed by atoms with Gasteiger partial charge in [-0.3, -0.25) is 4.79 Å². The van der Waals surface area contributed by atoms with Gasteiger partial charge in [-0.15, -0.1) is 0 Å². The summed E-state index contributed by atoms with van der Waals surface area (Å²) in [5.74, 6) is 0.0581. The lowest BCUT2D eigenvalue weighted by atomic mass is 9.96. The molecule has 6 nitrogen and oxygen atoms in total. The van der Waals surface area contributed by atoms with E-state index in [0.29, 0.717) is 19.1 Å². The maximum Gasteiger partial charge on any atom is 0.246 e. The van der Waals surface area contributed by atoms with E-state index in [1.54, 1.807) is 18.2 Å². The molecule has 7 heteroatoms. The van der Waals surface area contributed by atoms with Crippen LogP contribution in [0.2, 0.25) is 0 Å². The summed E-state index contributed by atoms with van der Waals surface area (Å²) >= 11 is 0. The third-order valence-corrected chi connectivity index (χ3v) is 8.03.